The Kier molecular flexibility index (Phi) is 10.2. The van der Waals surface area contributed by atoms with Crippen LogP contribution < -0.4 is 10.6 Å². The van der Waals surface area contributed by atoms with Crippen molar-refractivity contribution in [2.45, 2.75) is 26.8 Å². The molecule has 170 valence electrons. The molecule has 1 aromatic heterocycles. The monoisotopic (exact) mass is 539 g/mol. The molecule has 1 aromatic carbocycles. The van der Waals surface area contributed by atoms with Gasteiger partial charge in [-0.25, -0.2) is 0 Å². The fourth-order valence-corrected chi connectivity index (χ4v) is 3.46. The zero-order valence-corrected chi connectivity index (χ0v) is 20.9. The molecule has 0 radical (unpaired) electrons. The first-order valence-corrected chi connectivity index (χ1v) is 10.8. The number of hydrogen-bond acceptors (Lipinski definition) is 4. The van der Waals surface area contributed by atoms with Crippen molar-refractivity contribution in [2.75, 3.05) is 44.6 Å². The minimum atomic E-state index is -0.0477. The van der Waals surface area contributed by atoms with Crippen LogP contribution in [-0.4, -0.2) is 67.0 Å². The van der Waals surface area contributed by atoms with Gasteiger partial charge in [0.1, 0.15) is 0 Å². The van der Waals surface area contributed by atoms with Crippen LogP contribution in [0.25, 0.3) is 0 Å². The van der Waals surface area contributed by atoms with Crippen LogP contribution in [0.1, 0.15) is 31.3 Å². The molecular weight excluding hydrogens is 505 g/mol. The van der Waals surface area contributed by atoms with E-state index in [4.69, 9.17) is 9.41 Å². The van der Waals surface area contributed by atoms with Gasteiger partial charge in [-0.05, 0) is 37.1 Å². The van der Waals surface area contributed by atoms with Crippen molar-refractivity contribution >= 4 is 41.5 Å². The summed E-state index contributed by atoms with van der Waals surface area (Å²) in [6.07, 6.45) is 1.54. The molecule has 1 atom stereocenters. The summed E-state index contributed by atoms with van der Waals surface area (Å²) in [4.78, 5) is 21.5. The lowest BCUT2D eigenvalue weighted by Gasteiger charge is -2.36. The van der Waals surface area contributed by atoms with Gasteiger partial charge in [0.15, 0.2) is 11.7 Å². The van der Waals surface area contributed by atoms with E-state index in [9.17, 15) is 4.79 Å². The van der Waals surface area contributed by atoms with Crippen LogP contribution in [0.3, 0.4) is 0 Å². The lowest BCUT2D eigenvalue weighted by Crippen LogP contribution is -2.54. The van der Waals surface area contributed by atoms with E-state index >= 15 is 0 Å². The normalized spacial score (nSPS) is 15.4. The van der Waals surface area contributed by atoms with E-state index in [0.29, 0.717) is 31.3 Å². The summed E-state index contributed by atoms with van der Waals surface area (Å²) in [5.41, 5.74) is 1.11. The molecule has 1 saturated heterocycles. The quantitative estimate of drug-likeness (QED) is 0.319. The Morgan fingerprint density at radius 1 is 1.06 bits per heavy atom. The molecule has 2 N–H and O–H groups in total. The second-order valence-corrected chi connectivity index (χ2v) is 7.81. The molecule has 2 aromatic rings. The molecular formula is C23H34IN5O2. The highest BCUT2D eigenvalue weighted by atomic mass is 127. The first kappa shape index (κ1) is 25.0. The summed E-state index contributed by atoms with van der Waals surface area (Å²) in [6.45, 7) is 10.8. The summed E-state index contributed by atoms with van der Waals surface area (Å²) in [7, 11) is 0. The topological polar surface area (TPSA) is 73.1 Å². The average Bonchev–Trinajstić information content (AvgIpc) is 3.31. The Labute approximate surface area is 202 Å². The number of nitrogens with zero attached hydrogens (tertiary/aromatic N) is 3. The Hall–Kier alpha value is -2.23. The summed E-state index contributed by atoms with van der Waals surface area (Å²) >= 11 is 0. The summed E-state index contributed by atoms with van der Waals surface area (Å²) < 4.78 is 5.25. The van der Waals surface area contributed by atoms with Crippen LogP contribution in [0.2, 0.25) is 0 Å². The molecule has 1 amide bonds. The van der Waals surface area contributed by atoms with Crippen molar-refractivity contribution < 1.29 is 9.21 Å². The number of carbonyl (C=O) groups is 1. The number of hydrogen-bond donors (Lipinski definition) is 2. The number of anilines is 1. The van der Waals surface area contributed by atoms with Crippen LogP contribution in [0.15, 0.2) is 58.1 Å². The first-order valence-electron chi connectivity index (χ1n) is 10.8. The number of furan rings is 1. The number of para-hydroxylation sites is 1. The number of aliphatic imine (C=N–C) groups is 1. The fourth-order valence-electron chi connectivity index (χ4n) is 3.46. The summed E-state index contributed by atoms with van der Waals surface area (Å²) in [5, 5.41) is 7.01. The Morgan fingerprint density at radius 2 is 1.74 bits per heavy atom. The third-order valence-corrected chi connectivity index (χ3v) is 5.30. The second-order valence-electron chi connectivity index (χ2n) is 7.81. The number of halogens is 1. The smallest absolute Gasteiger partial charge is 0.289 e. The van der Waals surface area contributed by atoms with Crippen molar-refractivity contribution in [2.24, 2.45) is 10.9 Å². The van der Waals surface area contributed by atoms with E-state index < -0.39 is 0 Å². The van der Waals surface area contributed by atoms with Gasteiger partial charge in [-0.2, -0.15) is 0 Å². The van der Waals surface area contributed by atoms with Gasteiger partial charge >= 0.3 is 0 Å². The van der Waals surface area contributed by atoms with E-state index in [1.807, 2.05) is 23.1 Å². The van der Waals surface area contributed by atoms with Gasteiger partial charge in [0.05, 0.1) is 12.8 Å². The molecule has 0 spiro atoms. The maximum absolute atomic E-state index is 12.5. The van der Waals surface area contributed by atoms with Crippen molar-refractivity contribution in [3.63, 3.8) is 0 Å². The number of carbonyl (C=O) groups excluding carboxylic acids is 1. The molecule has 31 heavy (non-hydrogen) atoms. The molecule has 2 heterocycles. The highest BCUT2D eigenvalue weighted by Gasteiger charge is 2.25. The lowest BCUT2D eigenvalue weighted by atomic mass is 10.0. The largest absolute Gasteiger partial charge is 0.459 e. The number of amides is 1. The predicted octanol–water partition coefficient (Wildman–Crippen LogP) is 3.76. The number of nitrogens with one attached hydrogen (secondary N) is 2. The van der Waals surface area contributed by atoms with E-state index in [1.165, 1.54) is 6.26 Å². The number of rotatable bonds is 7. The molecule has 7 nitrogen and oxygen atoms in total. The van der Waals surface area contributed by atoms with Crippen LogP contribution in [0.4, 0.5) is 5.69 Å². The van der Waals surface area contributed by atoms with Gasteiger partial charge < -0.3 is 24.9 Å². The predicted molar refractivity (Wildman–Crippen MR) is 136 cm³/mol. The third-order valence-electron chi connectivity index (χ3n) is 5.30. The lowest BCUT2D eigenvalue weighted by molar-refractivity contribution is 0.0657. The summed E-state index contributed by atoms with van der Waals surface area (Å²) in [6, 6.07) is 14.0. The van der Waals surface area contributed by atoms with Gasteiger partial charge in [0, 0.05) is 44.5 Å². The second kappa shape index (κ2) is 12.6. The molecule has 1 unspecified atom stereocenters. The minimum Gasteiger partial charge on any atom is -0.459 e. The van der Waals surface area contributed by atoms with Crippen LogP contribution in [0, 0.1) is 5.92 Å². The summed E-state index contributed by atoms with van der Waals surface area (Å²) in [5.74, 6) is 1.70. The minimum absolute atomic E-state index is 0. The zero-order valence-electron chi connectivity index (χ0n) is 18.6. The highest BCUT2D eigenvalue weighted by molar-refractivity contribution is 14.0. The van der Waals surface area contributed by atoms with Crippen LogP contribution in [0.5, 0.6) is 0 Å². The first-order chi connectivity index (χ1) is 14.6. The zero-order chi connectivity index (χ0) is 21.3. The maximum Gasteiger partial charge on any atom is 0.289 e. The fraction of sp³-hybridized carbons (Fsp3) is 0.478. The highest BCUT2D eigenvalue weighted by Crippen LogP contribution is 2.14. The van der Waals surface area contributed by atoms with Gasteiger partial charge in [-0.3, -0.25) is 9.79 Å². The molecule has 1 aliphatic rings. The van der Waals surface area contributed by atoms with E-state index in [2.05, 4.69) is 48.4 Å². The van der Waals surface area contributed by atoms with Gasteiger partial charge in [-0.15, -0.1) is 24.0 Å². The van der Waals surface area contributed by atoms with Crippen LogP contribution in [-0.2, 0) is 0 Å². The number of benzene rings is 1. The molecule has 1 aliphatic heterocycles. The van der Waals surface area contributed by atoms with Crippen molar-refractivity contribution in [3.05, 3.63) is 54.5 Å². The molecule has 3 rings (SSSR count). The van der Waals surface area contributed by atoms with Crippen molar-refractivity contribution in [1.29, 1.82) is 0 Å². The van der Waals surface area contributed by atoms with Gasteiger partial charge in [0.2, 0.25) is 0 Å². The van der Waals surface area contributed by atoms with Crippen LogP contribution >= 0.6 is 24.0 Å². The average molecular weight is 539 g/mol. The molecule has 1 fully saturated rings. The number of guanidine groups is 1. The number of piperazine rings is 1. The van der Waals surface area contributed by atoms with Crippen molar-refractivity contribution in [1.82, 2.24) is 15.1 Å². The van der Waals surface area contributed by atoms with E-state index in [-0.39, 0.29) is 35.9 Å². The molecule has 0 bridgehead atoms. The Morgan fingerprint density at radius 3 is 2.32 bits per heavy atom. The van der Waals surface area contributed by atoms with E-state index in [0.717, 1.165) is 31.3 Å². The van der Waals surface area contributed by atoms with Crippen molar-refractivity contribution in [3.8, 4) is 0 Å². The Bertz CT molecular complexity index is 803. The third kappa shape index (κ3) is 7.15. The van der Waals surface area contributed by atoms with E-state index in [1.54, 1.807) is 12.1 Å². The molecule has 0 aliphatic carbocycles. The molecule has 0 saturated carbocycles. The Balaban J connectivity index is 0.00000341. The molecule has 8 heteroatoms. The maximum atomic E-state index is 12.5. The van der Waals surface area contributed by atoms with Gasteiger partial charge in [0.25, 0.3) is 5.91 Å². The SMILES string of the molecule is CCNC(=NCC(Nc1ccccc1)C(C)C)N1CCN(C(=O)c2ccco2)CC1.I. The van der Waals surface area contributed by atoms with Gasteiger partial charge in [-0.1, -0.05) is 32.0 Å². The standard InChI is InChI=1S/C23H33N5O2.HI/c1-4-24-23(25-17-20(18(2)3)26-19-9-6-5-7-10-19)28-14-12-27(13-15-28)22(29)21-11-8-16-30-21;/h5-11,16,18,20,26H,4,12-15,17H2,1-3H3,(H,24,25);1H.